The number of ether oxygens (including phenoxy) is 1. The third kappa shape index (κ3) is 4.66. The third-order valence-corrected chi connectivity index (χ3v) is 2.21. The van der Waals surface area contributed by atoms with E-state index in [2.05, 4.69) is 29.6 Å². The van der Waals surface area contributed by atoms with Crippen molar-refractivity contribution in [2.24, 2.45) is 0 Å². The van der Waals surface area contributed by atoms with Crippen LogP contribution in [0.4, 0.5) is 0 Å². The van der Waals surface area contributed by atoms with Gasteiger partial charge in [0.25, 0.3) is 0 Å². The van der Waals surface area contributed by atoms with E-state index in [1.165, 1.54) is 5.56 Å². The molecule has 0 saturated heterocycles. The predicted molar refractivity (Wildman–Crippen MR) is 64.1 cm³/mol. The molecular weight excluding hydrogens is 186 g/mol. The Bertz CT molecular complexity index is 290. The van der Waals surface area contributed by atoms with E-state index in [1.54, 1.807) is 7.11 Å². The highest BCUT2D eigenvalue weighted by molar-refractivity contribution is 5.26. The Morgan fingerprint density at radius 3 is 2.60 bits per heavy atom. The van der Waals surface area contributed by atoms with E-state index in [9.17, 15) is 0 Å². The maximum absolute atomic E-state index is 5.10. The topological polar surface area (TPSA) is 21.3 Å². The zero-order valence-electron chi connectivity index (χ0n) is 9.49. The minimum atomic E-state index is 0.910. The summed E-state index contributed by atoms with van der Waals surface area (Å²) in [5.74, 6) is 0.910. The summed E-state index contributed by atoms with van der Waals surface area (Å²) >= 11 is 0. The van der Waals surface area contributed by atoms with Crippen LogP contribution in [0.2, 0.25) is 0 Å². The standard InChI is InChI=1S/C13H19NO/c1-3-4-5-10-14-11-12-6-8-13(15-2)9-7-12/h3-4,6-9,14H,5,10-11H2,1-2H3/b4-3+. The monoisotopic (exact) mass is 205 g/mol. The number of benzene rings is 1. The first-order chi connectivity index (χ1) is 7.36. The van der Waals surface area contributed by atoms with Gasteiger partial charge in [-0.2, -0.15) is 0 Å². The first-order valence-electron chi connectivity index (χ1n) is 5.31. The molecule has 0 aliphatic heterocycles. The molecule has 1 aromatic rings. The van der Waals surface area contributed by atoms with Crippen molar-refractivity contribution >= 4 is 0 Å². The van der Waals surface area contributed by atoms with Crippen LogP contribution in [-0.4, -0.2) is 13.7 Å². The van der Waals surface area contributed by atoms with Gasteiger partial charge in [-0.05, 0) is 37.6 Å². The van der Waals surface area contributed by atoms with Gasteiger partial charge in [-0.1, -0.05) is 24.3 Å². The summed E-state index contributed by atoms with van der Waals surface area (Å²) in [6, 6.07) is 8.15. The summed E-state index contributed by atoms with van der Waals surface area (Å²) in [5.41, 5.74) is 1.29. The molecule has 1 rings (SSSR count). The molecule has 82 valence electrons. The number of allylic oxidation sites excluding steroid dienone is 1. The van der Waals surface area contributed by atoms with E-state index in [-0.39, 0.29) is 0 Å². The lowest BCUT2D eigenvalue weighted by molar-refractivity contribution is 0.414. The van der Waals surface area contributed by atoms with Crippen LogP contribution < -0.4 is 10.1 Å². The average Bonchev–Trinajstić information content (AvgIpc) is 2.30. The van der Waals surface area contributed by atoms with Crippen LogP contribution in [0.25, 0.3) is 0 Å². The number of methoxy groups -OCH3 is 1. The molecule has 0 aromatic heterocycles. The van der Waals surface area contributed by atoms with Crippen LogP contribution >= 0.6 is 0 Å². The summed E-state index contributed by atoms with van der Waals surface area (Å²) in [6.45, 7) is 3.99. The molecule has 0 spiro atoms. The SMILES string of the molecule is C/C=C/CCNCc1ccc(OC)cc1. The molecule has 0 bridgehead atoms. The van der Waals surface area contributed by atoms with Crippen molar-refractivity contribution in [1.29, 1.82) is 0 Å². The number of nitrogens with one attached hydrogen (secondary N) is 1. The van der Waals surface area contributed by atoms with Crippen molar-refractivity contribution in [3.05, 3.63) is 42.0 Å². The summed E-state index contributed by atoms with van der Waals surface area (Å²) in [6.07, 6.45) is 5.34. The second-order valence-corrected chi connectivity index (χ2v) is 3.38. The quantitative estimate of drug-likeness (QED) is 0.569. The van der Waals surface area contributed by atoms with E-state index in [0.29, 0.717) is 0 Å². The predicted octanol–water partition coefficient (Wildman–Crippen LogP) is 2.75. The van der Waals surface area contributed by atoms with Gasteiger partial charge < -0.3 is 10.1 Å². The van der Waals surface area contributed by atoms with Crippen LogP contribution in [0.5, 0.6) is 5.75 Å². The van der Waals surface area contributed by atoms with Gasteiger partial charge in [0.15, 0.2) is 0 Å². The molecule has 0 fully saturated rings. The number of rotatable bonds is 6. The first-order valence-corrected chi connectivity index (χ1v) is 5.31. The van der Waals surface area contributed by atoms with Gasteiger partial charge in [0.1, 0.15) is 5.75 Å². The van der Waals surface area contributed by atoms with Crippen LogP contribution in [-0.2, 0) is 6.54 Å². The normalized spacial score (nSPS) is 10.8. The zero-order chi connectivity index (χ0) is 10.9. The molecule has 0 aliphatic rings. The van der Waals surface area contributed by atoms with Crippen molar-refractivity contribution in [3.63, 3.8) is 0 Å². The van der Waals surface area contributed by atoms with Gasteiger partial charge in [0.05, 0.1) is 7.11 Å². The Morgan fingerprint density at radius 1 is 1.27 bits per heavy atom. The van der Waals surface area contributed by atoms with Crippen LogP contribution in [0.15, 0.2) is 36.4 Å². The minimum absolute atomic E-state index is 0.910. The molecule has 1 N–H and O–H groups in total. The van der Waals surface area contributed by atoms with Crippen LogP contribution in [0, 0.1) is 0 Å². The van der Waals surface area contributed by atoms with E-state index < -0.39 is 0 Å². The second kappa shape index (κ2) is 7.07. The summed E-state index contributed by atoms with van der Waals surface area (Å²) in [5, 5.41) is 3.38. The summed E-state index contributed by atoms with van der Waals surface area (Å²) < 4.78 is 5.10. The maximum atomic E-state index is 5.10. The van der Waals surface area contributed by atoms with Gasteiger partial charge in [-0.15, -0.1) is 0 Å². The van der Waals surface area contributed by atoms with Gasteiger partial charge in [0, 0.05) is 6.54 Å². The van der Waals surface area contributed by atoms with Crippen molar-refractivity contribution in [2.45, 2.75) is 19.9 Å². The largest absolute Gasteiger partial charge is 0.497 e. The van der Waals surface area contributed by atoms with E-state index >= 15 is 0 Å². The molecule has 0 saturated carbocycles. The molecule has 1 aromatic carbocycles. The highest BCUT2D eigenvalue weighted by atomic mass is 16.5. The lowest BCUT2D eigenvalue weighted by Crippen LogP contribution is -2.13. The number of hydrogen-bond acceptors (Lipinski definition) is 2. The Kier molecular flexibility index (Phi) is 5.56. The lowest BCUT2D eigenvalue weighted by Gasteiger charge is -2.04. The number of hydrogen-bond donors (Lipinski definition) is 1. The third-order valence-electron chi connectivity index (χ3n) is 2.21. The molecule has 2 nitrogen and oxygen atoms in total. The maximum Gasteiger partial charge on any atom is 0.118 e. The Morgan fingerprint density at radius 2 is 2.00 bits per heavy atom. The molecule has 0 heterocycles. The van der Waals surface area contributed by atoms with Gasteiger partial charge in [-0.3, -0.25) is 0 Å². The second-order valence-electron chi connectivity index (χ2n) is 3.38. The van der Waals surface area contributed by atoms with E-state index in [1.807, 2.05) is 19.1 Å². The van der Waals surface area contributed by atoms with Crippen molar-refractivity contribution in [2.75, 3.05) is 13.7 Å². The fourth-order valence-electron chi connectivity index (χ4n) is 1.33. The Labute approximate surface area is 92.0 Å². The van der Waals surface area contributed by atoms with Crippen molar-refractivity contribution in [1.82, 2.24) is 5.32 Å². The zero-order valence-corrected chi connectivity index (χ0v) is 9.49. The molecule has 0 amide bonds. The molecule has 0 radical (unpaired) electrons. The highest BCUT2D eigenvalue weighted by Crippen LogP contribution is 2.10. The Balaban J connectivity index is 2.25. The van der Waals surface area contributed by atoms with Crippen molar-refractivity contribution < 1.29 is 4.74 Å². The van der Waals surface area contributed by atoms with Crippen LogP contribution in [0.3, 0.4) is 0 Å². The average molecular weight is 205 g/mol. The minimum Gasteiger partial charge on any atom is -0.497 e. The molecular formula is C13H19NO. The smallest absolute Gasteiger partial charge is 0.118 e. The summed E-state index contributed by atoms with van der Waals surface area (Å²) in [4.78, 5) is 0. The molecule has 15 heavy (non-hydrogen) atoms. The first kappa shape index (κ1) is 11.8. The van der Waals surface area contributed by atoms with Gasteiger partial charge in [-0.25, -0.2) is 0 Å². The molecule has 2 heteroatoms. The van der Waals surface area contributed by atoms with E-state index in [4.69, 9.17) is 4.74 Å². The van der Waals surface area contributed by atoms with Gasteiger partial charge in [0.2, 0.25) is 0 Å². The fourth-order valence-corrected chi connectivity index (χ4v) is 1.33. The summed E-state index contributed by atoms with van der Waals surface area (Å²) in [7, 11) is 1.68. The van der Waals surface area contributed by atoms with Crippen LogP contribution in [0.1, 0.15) is 18.9 Å². The molecule has 0 unspecified atom stereocenters. The van der Waals surface area contributed by atoms with E-state index in [0.717, 1.165) is 25.3 Å². The molecule has 0 aliphatic carbocycles. The Hall–Kier alpha value is -1.28. The van der Waals surface area contributed by atoms with Crippen molar-refractivity contribution in [3.8, 4) is 5.75 Å². The van der Waals surface area contributed by atoms with Gasteiger partial charge >= 0.3 is 0 Å². The highest BCUT2D eigenvalue weighted by Gasteiger charge is 1.93. The lowest BCUT2D eigenvalue weighted by atomic mass is 10.2. The molecule has 0 atom stereocenters. The fraction of sp³-hybridized carbons (Fsp3) is 0.385.